The number of primary amides is 1. The van der Waals surface area contributed by atoms with E-state index in [0.29, 0.717) is 48.8 Å². The normalized spacial score (nSPS) is 26.3. The van der Waals surface area contributed by atoms with Gasteiger partial charge < -0.3 is 69.3 Å². The summed E-state index contributed by atoms with van der Waals surface area (Å²) in [5.41, 5.74) is 5.75. The first kappa shape index (κ1) is 58.3. The number of thioether (sulfide) groups is 1. The first-order valence-electron chi connectivity index (χ1n) is 23.3. The molecule has 0 bridgehead atoms. The fourth-order valence-corrected chi connectivity index (χ4v) is 10.1. The highest BCUT2D eigenvalue weighted by atomic mass is 35.5. The third-order valence-electron chi connectivity index (χ3n) is 12.8. The van der Waals surface area contributed by atoms with Crippen LogP contribution in [0.25, 0.3) is 0 Å². The van der Waals surface area contributed by atoms with Crippen LogP contribution in [0, 0.1) is 11.8 Å². The van der Waals surface area contributed by atoms with Crippen LogP contribution in [-0.4, -0.2) is 159 Å². The average Bonchev–Trinajstić information content (AvgIpc) is 3.77. The molecule has 1 aromatic carbocycles. The number of hydrogen-bond donors (Lipinski definition) is 9. The summed E-state index contributed by atoms with van der Waals surface area (Å²) in [4.78, 5) is 90.7. The standard InChI is InChI=1S/C46H71ClN8O11S.ClH/c1-7-12-29-23-32(43(63)53-37(27(4)47)41-39(60)38(59)40(61)45(66-41)67-6)55(5,25-29)24-28-15-17-30(18-16-28)50-42(62)31(13-11-21-49-46(48)65)51-44(64)36(26(2)3)52-33(56)14-9-8-10-22-54-34(57)19-20-35(54)58;/h15-20,26-27,29,31-32,36-41,45,59-61H,7-14,21-25H2,1-6H3,(H6-,48,49,50,51,52,53,56,62,63,64,65);1H/t27-,29+,31-,32-,36-,37?,38-,39+,40+,41+,45+,55?;/m0./s1. The lowest BCUT2D eigenvalue weighted by Gasteiger charge is -2.44. The first-order chi connectivity index (χ1) is 31.7. The number of imide groups is 1. The SMILES string of the molecule is CCC[C@@H]1C[C@@H](C(=O)NC([C@H](C)Cl)[C@H]2O[C@H](SC)[C@H](O)[C@@H](O)[C@H]2O)[N+](C)(Cc2ccc(NC(=O)[C@H](CCCNC(N)=O)NC(=O)[C@@H](NC(=O)CCCCCN3C(=O)C=CC3=O)C(C)C)cc2)C1.[Cl-]. The van der Waals surface area contributed by atoms with Crippen LogP contribution in [0.2, 0.25) is 0 Å². The molecule has 0 saturated carbocycles. The number of unbranched alkanes of at least 4 members (excludes halogenated alkanes) is 2. The Hall–Kier alpha value is -4.02. The van der Waals surface area contributed by atoms with E-state index in [2.05, 4.69) is 33.5 Å². The molecule has 19 nitrogen and oxygen atoms in total. The molecule has 68 heavy (non-hydrogen) atoms. The number of carbonyl (C=O) groups is 7. The van der Waals surface area contributed by atoms with Crippen molar-refractivity contribution >= 4 is 70.5 Å². The van der Waals surface area contributed by atoms with E-state index in [1.807, 2.05) is 19.2 Å². The van der Waals surface area contributed by atoms with Crippen LogP contribution < -0.4 is 44.7 Å². The van der Waals surface area contributed by atoms with Crippen molar-refractivity contribution in [3.05, 3.63) is 42.0 Å². The van der Waals surface area contributed by atoms with Gasteiger partial charge in [-0.1, -0.05) is 45.7 Å². The Bertz CT molecular complexity index is 1900. The van der Waals surface area contributed by atoms with Crippen LogP contribution in [0.4, 0.5) is 10.5 Å². The number of likely N-dealkylation sites (tertiary alicyclic amines) is 1. The molecule has 3 heterocycles. The number of benzene rings is 1. The fourth-order valence-electron chi connectivity index (χ4n) is 9.18. The number of nitrogens with one attached hydrogen (secondary N) is 5. The van der Waals surface area contributed by atoms with Gasteiger partial charge >= 0.3 is 6.03 Å². The molecule has 2 unspecified atom stereocenters. The largest absolute Gasteiger partial charge is 1.00 e. The van der Waals surface area contributed by atoms with Crippen LogP contribution in [0.15, 0.2) is 36.4 Å². The number of rotatable bonds is 25. The maximum absolute atomic E-state index is 14.3. The van der Waals surface area contributed by atoms with Crippen LogP contribution >= 0.6 is 23.4 Å². The fraction of sp³-hybridized carbons (Fsp3) is 0.674. The molecule has 382 valence electrons. The summed E-state index contributed by atoms with van der Waals surface area (Å²) >= 11 is 7.79. The number of carbonyl (C=O) groups excluding carboxylic acids is 7. The van der Waals surface area contributed by atoms with Crippen molar-refractivity contribution in [1.29, 1.82) is 0 Å². The maximum atomic E-state index is 14.3. The summed E-state index contributed by atoms with van der Waals surface area (Å²) in [6, 6.07) is 3.12. The summed E-state index contributed by atoms with van der Waals surface area (Å²) in [5, 5.41) is 45.3. The van der Waals surface area contributed by atoms with Gasteiger partial charge in [0.15, 0.2) is 6.04 Å². The Morgan fingerprint density at radius 3 is 2.18 bits per heavy atom. The van der Waals surface area contributed by atoms with E-state index in [0.717, 1.165) is 29.8 Å². The van der Waals surface area contributed by atoms with Gasteiger partial charge in [-0.25, -0.2) is 4.79 Å². The molecule has 12 atom stereocenters. The van der Waals surface area contributed by atoms with Gasteiger partial charge in [-0.15, -0.1) is 23.4 Å². The van der Waals surface area contributed by atoms with Gasteiger partial charge in [0, 0.05) is 55.3 Å². The smallest absolute Gasteiger partial charge is 0.312 e. The van der Waals surface area contributed by atoms with E-state index in [9.17, 15) is 48.9 Å². The number of hydrogen-bond acceptors (Lipinski definition) is 12. The number of aliphatic hydroxyl groups excluding tert-OH is 3. The average molecular weight is 1020 g/mol. The molecular formula is C46H72Cl2N8O11S. The summed E-state index contributed by atoms with van der Waals surface area (Å²) < 4.78 is 6.37. The van der Waals surface area contributed by atoms with E-state index in [4.69, 9.17) is 22.1 Å². The van der Waals surface area contributed by atoms with E-state index >= 15 is 0 Å². The third-order valence-corrected chi connectivity index (χ3v) is 13.9. The van der Waals surface area contributed by atoms with Crippen molar-refractivity contribution in [2.24, 2.45) is 17.6 Å². The second-order valence-electron chi connectivity index (χ2n) is 18.6. The zero-order valence-corrected chi connectivity index (χ0v) is 42.2. The Balaban J connectivity index is 0.0000122. The third kappa shape index (κ3) is 16.3. The van der Waals surface area contributed by atoms with E-state index < -0.39 is 77.2 Å². The number of quaternary nitrogens is 1. The molecule has 10 N–H and O–H groups in total. The molecule has 8 amide bonds. The Kier molecular flexibility index (Phi) is 23.5. The predicted molar refractivity (Wildman–Crippen MR) is 254 cm³/mol. The van der Waals surface area contributed by atoms with Gasteiger partial charge in [0.25, 0.3) is 17.7 Å². The molecule has 0 aliphatic carbocycles. The van der Waals surface area contributed by atoms with Gasteiger partial charge in [0.2, 0.25) is 17.7 Å². The van der Waals surface area contributed by atoms with Crippen molar-refractivity contribution < 1.29 is 70.5 Å². The lowest BCUT2D eigenvalue weighted by Crippen LogP contribution is -3.00. The second-order valence-corrected chi connectivity index (χ2v) is 20.2. The number of anilines is 1. The minimum Gasteiger partial charge on any atom is -1.00 e. The number of aliphatic hydroxyl groups is 3. The number of amides is 8. The molecule has 0 radical (unpaired) electrons. The van der Waals surface area contributed by atoms with Crippen molar-refractivity contribution in [2.45, 2.75) is 151 Å². The summed E-state index contributed by atoms with van der Waals surface area (Å²) in [6.07, 6.45) is 3.42. The number of urea groups is 1. The highest BCUT2D eigenvalue weighted by Crippen LogP contribution is 2.36. The van der Waals surface area contributed by atoms with Gasteiger partial charge in [0.05, 0.1) is 25.0 Å². The monoisotopic (exact) mass is 1010 g/mol. The second kappa shape index (κ2) is 27.4. The van der Waals surface area contributed by atoms with Gasteiger partial charge in [-0.05, 0) is 63.3 Å². The molecule has 2 fully saturated rings. The Labute approximate surface area is 414 Å². The number of halogens is 2. The van der Waals surface area contributed by atoms with Gasteiger partial charge in [0.1, 0.15) is 48.5 Å². The first-order valence-corrected chi connectivity index (χ1v) is 25.0. The van der Waals surface area contributed by atoms with Crippen LogP contribution in [0.5, 0.6) is 0 Å². The summed E-state index contributed by atoms with van der Waals surface area (Å²) in [5.74, 6) is -2.48. The molecule has 0 spiro atoms. The van der Waals surface area contributed by atoms with Crippen molar-refractivity contribution in [3.8, 4) is 0 Å². The molecular weight excluding hydrogens is 944 g/mol. The number of nitrogens with zero attached hydrogens (tertiary/aromatic N) is 2. The van der Waals surface area contributed by atoms with Gasteiger partial charge in [-0.3, -0.25) is 33.7 Å². The van der Waals surface area contributed by atoms with Crippen LogP contribution in [0.1, 0.15) is 91.0 Å². The number of ether oxygens (including phenoxy) is 1. The summed E-state index contributed by atoms with van der Waals surface area (Å²) in [6.45, 7) is 8.94. The zero-order valence-electron chi connectivity index (χ0n) is 39.8. The minimum absolute atomic E-state index is 0. The molecule has 3 aliphatic heterocycles. The molecule has 4 rings (SSSR count). The number of alkyl halides is 1. The van der Waals surface area contributed by atoms with Crippen molar-refractivity contribution in [2.75, 3.05) is 38.3 Å². The van der Waals surface area contributed by atoms with Crippen molar-refractivity contribution in [3.63, 3.8) is 0 Å². The zero-order chi connectivity index (χ0) is 49.6. The summed E-state index contributed by atoms with van der Waals surface area (Å²) in [7, 11) is 2.03. The lowest BCUT2D eigenvalue weighted by atomic mass is 9.92. The van der Waals surface area contributed by atoms with Crippen LogP contribution in [0.3, 0.4) is 0 Å². The lowest BCUT2D eigenvalue weighted by molar-refractivity contribution is -0.926. The Morgan fingerprint density at radius 1 is 0.926 bits per heavy atom. The molecule has 22 heteroatoms. The highest BCUT2D eigenvalue weighted by molar-refractivity contribution is 7.99. The predicted octanol–water partition coefficient (Wildman–Crippen LogP) is -1.39. The van der Waals surface area contributed by atoms with Gasteiger partial charge in [-0.2, -0.15) is 0 Å². The molecule has 1 aromatic rings. The van der Waals surface area contributed by atoms with E-state index in [1.165, 1.54) is 23.9 Å². The maximum Gasteiger partial charge on any atom is 0.312 e. The van der Waals surface area contributed by atoms with Crippen molar-refractivity contribution in [1.82, 2.24) is 26.2 Å². The van der Waals surface area contributed by atoms with Crippen LogP contribution in [-0.2, 0) is 40.0 Å². The van der Waals surface area contributed by atoms with E-state index in [1.54, 1.807) is 39.2 Å². The Morgan fingerprint density at radius 2 is 1.59 bits per heavy atom. The number of nitrogens with two attached hydrogens (primary N) is 1. The quantitative estimate of drug-likeness (QED) is 0.0237. The highest BCUT2D eigenvalue weighted by Gasteiger charge is 2.51. The molecule has 3 aliphatic rings. The number of likely N-dealkylation sites (N-methyl/N-ethyl adjacent to an activating group) is 1. The molecule has 2 saturated heterocycles. The van der Waals surface area contributed by atoms with E-state index in [-0.39, 0.29) is 73.8 Å². The minimum atomic E-state index is -1.49. The molecule has 0 aromatic heterocycles. The topological polar surface area (TPSA) is 279 Å².